The summed E-state index contributed by atoms with van der Waals surface area (Å²) in [5, 5.41) is 0. The lowest BCUT2D eigenvalue weighted by Gasteiger charge is -2.09. The Morgan fingerprint density at radius 3 is 2.92 bits per heavy atom. The van der Waals surface area contributed by atoms with E-state index >= 15 is 0 Å². The van der Waals surface area contributed by atoms with Gasteiger partial charge in [0.25, 0.3) is 0 Å². The van der Waals surface area contributed by atoms with Crippen LogP contribution in [0.5, 0.6) is 5.75 Å². The minimum Gasteiger partial charge on any atom is -0.493 e. The van der Waals surface area contributed by atoms with Crippen LogP contribution in [-0.4, -0.2) is 19.7 Å². The molecule has 0 saturated heterocycles. The highest BCUT2D eigenvalue weighted by Gasteiger charge is 2.26. The number of fused-ring (bicyclic) bond motifs is 1. The minimum absolute atomic E-state index is 0.105. The quantitative estimate of drug-likeness (QED) is 0.703. The van der Waals surface area contributed by atoms with Crippen molar-refractivity contribution < 1.29 is 14.3 Å². The molecule has 0 fully saturated rings. The molecule has 2 aromatic rings. The van der Waals surface area contributed by atoms with Crippen molar-refractivity contribution in [3.8, 4) is 5.75 Å². The molecule has 126 valence electrons. The summed E-state index contributed by atoms with van der Waals surface area (Å²) >= 11 is 3.59. The highest BCUT2D eigenvalue weighted by molar-refractivity contribution is 9.10. The Morgan fingerprint density at radius 1 is 1.29 bits per heavy atom. The van der Waals surface area contributed by atoms with E-state index in [-0.39, 0.29) is 11.9 Å². The highest BCUT2D eigenvalue weighted by Crippen LogP contribution is 2.37. The summed E-state index contributed by atoms with van der Waals surface area (Å²) in [4.78, 5) is 11.5. The van der Waals surface area contributed by atoms with Gasteiger partial charge in [-0.15, -0.1) is 0 Å². The lowest BCUT2D eigenvalue weighted by Crippen LogP contribution is -2.09. The Balaban J connectivity index is 1.69. The first-order valence-corrected chi connectivity index (χ1v) is 8.94. The zero-order chi connectivity index (χ0) is 17.1. The molecule has 3 nitrogen and oxygen atoms in total. The van der Waals surface area contributed by atoms with Gasteiger partial charge in [0.15, 0.2) is 0 Å². The Kier molecular flexibility index (Phi) is 5.24. The van der Waals surface area contributed by atoms with Crippen molar-refractivity contribution in [2.45, 2.75) is 32.1 Å². The molecule has 0 saturated carbocycles. The second-order valence-electron chi connectivity index (χ2n) is 6.18. The fraction of sp³-hybridized carbons (Fsp3) is 0.350. The highest BCUT2D eigenvalue weighted by atomic mass is 79.9. The number of hydrogen-bond donors (Lipinski definition) is 0. The van der Waals surface area contributed by atoms with Gasteiger partial charge in [0.2, 0.25) is 0 Å². The Hall–Kier alpha value is -1.81. The second-order valence-corrected chi connectivity index (χ2v) is 7.04. The first-order valence-electron chi connectivity index (χ1n) is 8.15. The number of benzene rings is 2. The molecule has 2 aromatic carbocycles. The lowest BCUT2D eigenvalue weighted by molar-refractivity contribution is -0.141. The summed E-state index contributed by atoms with van der Waals surface area (Å²) in [5.41, 5.74) is 5.03. The maximum absolute atomic E-state index is 11.5. The van der Waals surface area contributed by atoms with E-state index in [0.29, 0.717) is 13.0 Å². The van der Waals surface area contributed by atoms with Crippen molar-refractivity contribution in [3.63, 3.8) is 0 Å². The third-order valence-corrected chi connectivity index (χ3v) is 5.52. The van der Waals surface area contributed by atoms with Crippen molar-refractivity contribution in [2.75, 3.05) is 13.7 Å². The molecule has 0 amide bonds. The number of rotatable bonds is 5. The van der Waals surface area contributed by atoms with E-state index in [2.05, 4.69) is 59.3 Å². The average molecular weight is 389 g/mol. The van der Waals surface area contributed by atoms with Crippen molar-refractivity contribution >= 4 is 21.9 Å². The molecule has 0 unspecified atom stereocenters. The summed E-state index contributed by atoms with van der Waals surface area (Å²) in [6.45, 7) is 2.70. The smallest absolute Gasteiger partial charge is 0.306 e. The van der Waals surface area contributed by atoms with E-state index in [1.807, 2.05) is 0 Å². The number of methoxy groups -OCH3 is 1. The summed E-state index contributed by atoms with van der Waals surface area (Å²) in [5.74, 6) is 0.826. The van der Waals surface area contributed by atoms with Gasteiger partial charge in [-0.05, 0) is 48.6 Å². The van der Waals surface area contributed by atoms with Crippen LogP contribution < -0.4 is 4.74 Å². The standard InChI is InChI=1S/C20H21BrO3/c1-13-15(4-3-5-18(13)21)8-6-14-7-9-17-16(11-20(22)23-2)12-24-19(17)10-14/h3-5,7,9-10,16H,6,8,11-12H2,1-2H3/t16-/m1/s1. The third kappa shape index (κ3) is 3.64. The van der Waals surface area contributed by atoms with E-state index < -0.39 is 0 Å². The monoisotopic (exact) mass is 388 g/mol. The molecule has 24 heavy (non-hydrogen) atoms. The van der Waals surface area contributed by atoms with Crippen LogP contribution >= 0.6 is 15.9 Å². The predicted molar refractivity (Wildman–Crippen MR) is 97.6 cm³/mol. The predicted octanol–water partition coefficient (Wildman–Crippen LogP) is 4.58. The molecule has 1 atom stereocenters. The van der Waals surface area contributed by atoms with Crippen molar-refractivity contribution in [1.82, 2.24) is 0 Å². The summed E-state index contributed by atoms with van der Waals surface area (Å²) in [6.07, 6.45) is 2.34. The number of carbonyl (C=O) groups excluding carboxylic acids is 1. The summed E-state index contributed by atoms with van der Waals surface area (Å²) in [7, 11) is 1.42. The third-order valence-electron chi connectivity index (χ3n) is 4.66. The van der Waals surface area contributed by atoms with Crippen LogP contribution in [0.2, 0.25) is 0 Å². The normalized spacial score (nSPS) is 15.7. The van der Waals surface area contributed by atoms with Crippen LogP contribution in [-0.2, 0) is 22.4 Å². The zero-order valence-electron chi connectivity index (χ0n) is 14.0. The van der Waals surface area contributed by atoms with Gasteiger partial charge >= 0.3 is 5.97 Å². The second kappa shape index (κ2) is 7.39. The number of carbonyl (C=O) groups is 1. The fourth-order valence-electron chi connectivity index (χ4n) is 3.13. The van der Waals surface area contributed by atoms with Crippen LogP contribution in [0.25, 0.3) is 0 Å². The molecule has 3 rings (SSSR count). The van der Waals surface area contributed by atoms with Crippen LogP contribution in [0, 0.1) is 6.92 Å². The van der Waals surface area contributed by atoms with Gasteiger partial charge in [-0.3, -0.25) is 4.79 Å². The number of ether oxygens (including phenoxy) is 2. The van der Waals surface area contributed by atoms with E-state index in [9.17, 15) is 4.79 Å². The van der Waals surface area contributed by atoms with E-state index in [4.69, 9.17) is 9.47 Å². The van der Waals surface area contributed by atoms with Gasteiger partial charge in [0.05, 0.1) is 20.1 Å². The molecule has 0 radical (unpaired) electrons. The van der Waals surface area contributed by atoms with Crippen LogP contribution in [0.3, 0.4) is 0 Å². The molecule has 0 spiro atoms. The van der Waals surface area contributed by atoms with E-state index in [0.717, 1.165) is 28.6 Å². The van der Waals surface area contributed by atoms with Crippen molar-refractivity contribution in [1.29, 1.82) is 0 Å². The topological polar surface area (TPSA) is 35.5 Å². The fourth-order valence-corrected chi connectivity index (χ4v) is 3.54. The van der Waals surface area contributed by atoms with Crippen molar-refractivity contribution in [2.24, 2.45) is 0 Å². The lowest BCUT2D eigenvalue weighted by atomic mass is 9.95. The van der Waals surface area contributed by atoms with E-state index in [1.54, 1.807) is 0 Å². The first kappa shape index (κ1) is 17.0. The molecule has 1 heterocycles. The summed E-state index contributed by atoms with van der Waals surface area (Å²) < 4.78 is 11.7. The molecule has 0 aromatic heterocycles. The number of halogens is 1. The minimum atomic E-state index is -0.189. The van der Waals surface area contributed by atoms with Gasteiger partial charge in [-0.25, -0.2) is 0 Å². The molecular weight excluding hydrogens is 368 g/mol. The van der Waals surface area contributed by atoms with Crippen molar-refractivity contribution in [3.05, 3.63) is 63.1 Å². The largest absolute Gasteiger partial charge is 0.493 e. The Bertz CT molecular complexity index is 755. The van der Waals surface area contributed by atoms with Gasteiger partial charge in [0, 0.05) is 16.0 Å². The molecule has 0 aliphatic carbocycles. The SMILES string of the molecule is COC(=O)C[C@@H]1COc2cc(CCc3cccc(Br)c3C)ccc21. The van der Waals surface area contributed by atoms with Gasteiger partial charge < -0.3 is 9.47 Å². The average Bonchev–Trinajstić information content (AvgIpc) is 2.98. The maximum atomic E-state index is 11.5. The van der Waals surface area contributed by atoms with E-state index in [1.165, 1.54) is 23.8 Å². The van der Waals surface area contributed by atoms with Crippen LogP contribution in [0.15, 0.2) is 40.9 Å². The Morgan fingerprint density at radius 2 is 2.12 bits per heavy atom. The molecule has 4 heteroatoms. The number of hydrogen-bond acceptors (Lipinski definition) is 3. The van der Waals surface area contributed by atoms with Crippen LogP contribution in [0.1, 0.15) is 34.6 Å². The first-order chi connectivity index (χ1) is 11.6. The van der Waals surface area contributed by atoms with Gasteiger partial charge in [0.1, 0.15) is 5.75 Å². The molecule has 1 aliphatic rings. The molecule has 0 bridgehead atoms. The van der Waals surface area contributed by atoms with Gasteiger partial charge in [-0.2, -0.15) is 0 Å². The molecule has 1 aliphatic heterocycles. The van der Waals surface area contributed by atoms with Gasteiger partial charge in [-0.1, -0.05) is 40.2 Å². The Labute approximate surface area is 151 Å². The van der Waals surface area contributed by atoms with Crippen LogP contribution in [0.4, 0.5) is 0 Å². The summed E-state index contributed by atoms with van der Waals surface area (Å²) in [6, 6.07) is 12.7. The number of esters is 1. The molecule has 0 N–H and O–H groups in total. The maximum Gasteiger partial charge on any atom is 0.306 e. The zero-order valence-corrected chi connectivity index (χ0v) is 15.6. The molecular formula is C20H21BrO3. The number of aryl methyl sites for hydroxylation is 2.